The summed E-state index contributed by atoms with van der Waals surface area (Å²) in [6.45, 7) is 2.08. The lowest BCUT2D eigenvalue weighted by molar-refractivity contribution is 0.263. The fourth-order valence-electron chi connectivity index (χ4n) is 1.98. The monoisotopic (exact) mass is 369 g/mol. The zero-order chi connectivity index (χ0) is 18.7. The summed E-state index contributed by atoms with van der Waals surface area (Å²) >= 11 is 1.36. The van der Waals surface area contributed by atoms with Gasteiger partial charge in [-0.25, -0.2) is 9.38 Å². The van der Waals surface area contributed by atoms with Crippen LogP contribution in [-0.4, -0.2) is 48.3 Å². The number of rotatable bonds is 7. The molecule has 0 bridgehead atoms. The van der Waals surface area contributed by atoms with Crippen LogP contribution in [0, 0.1) is 16.9 Å². The molecule has 0 saturated heterocycles. The molecule has 11 heteroatoms. The van der Waals surface area contributed by atoms with E-state index in [9.17, 15) is 4.39 Å². The Kier molecular flexibility index (Phi) is 8.55. The van der Waals surface area contributed by atoms with Gasteiger partial charge in [0.15, 0.2) is 12.1 Å². The molecular weight excluding hydrogens is 345 g/mol. The van der Waals surface area contributed by atoms with E-state index in [2.05, 4.69) is 31.3 Å². The summed E-state index contributed by atoms with van der Waals surface area (Å²) in [5.41, 5.74) is 5.29. The van der Waals surface area contributed by atoms with Gasteiger partial charge in [-0.15, -0.1) is 16.8 Å². The molecule has 7 N–H and O–H groups in total. The standard InChI is InChI=1S/C14H24FN9S/c1-10(15)14(22-7-5-11(24-14)23-12(17)18)25-8-4-3-6-20-13(19-2)21-9-16/h5,7,10,22H,3-4,6,8H2,1-2H3,(H2,19,20,21)(H4,17,18,23,24). The lowest BCUT2D eigenvalue weighted by atomic mass is 10.3. The quantitative estimate of drug-likeness (QED) is 0.162. The van der Waals surface area contributed by atoms with E-state index in [1.165, 1.54) is 18.7 Å². The molecule has 1 aliphatic rings. The van der Waals surface area contributed by atoms with Crippen molar-refractivity contribution in [3.8, 4) is 6.19 Å². The van der Waals surface area contributed by atoms with Gasteiger partial charge in [0.1, 0.15) is 5.84 Å². The van der Waals surface area contributed by atoms with Gasteiger partial charge in [0, 0.05) is 19.8 Å². The maximum absolute atomic E-state index is 14.2. The van der Waals surface area contributed by atoms with E-state index in [0.717, 1.165) is 12.8 Å². The smallest absolute Gasteiger partial charge is 0.210 e. The number of hydrogen-bond donors (Lipinski definition) is 6. The molecule has 0 radical (unpaired) electrons. The third-order valence-electron chi connectivity index (χ3n) is 3.20. The molecule has 0 saturated carbocycles. The van der Waals surface area contributed by atoms with Gasteiger partial charge in [-0.05, 0) is 31.6 Å². The van der Waals surface area contributed by atoms with Crippen molar-refractivity contribution in [3.05, 3.63) is 12.3 Å². The van der Waals surface area contributed by atoms with Gasteiger partial charge < -0.3 is 27.0 Å². The van der Waals surface area contributed by atoms with Crippen LogP contribution in [0.5, 0.6) is 0 Å². The first-order chi connectivity index (χ1) is 11.9. The molecule has 0 fully saturated rings. The number of unbranched alkanes of at least 4 members (excludes halogenated alkanes) is 1. The van der Waals surface area contributed by atoms with Crippen molar-refractivity contribution in [1.82, 2.24) is 21.3 Å². The molecule has 25 heavy (non-hydrogen) atoms. The van der Waals surface area contributed by atoms with Gasteiger partial charge in [-0.2, -0.15) is 5.26 Å². The topological polar surface area (TPSA) is 146 Å². The molecule has 1 rings (SSSR count). The third-order valence-corrected chi connectivity index (χ3v) is 4.67. The Morgan fingerprint density at radius 3 is 3.00 bits per heavy atom. The molecule has 2 unspecified atom stereocenters. The molecule has 0 spiro atoms. The van der Waals surface area contributed by atoms with Crippen LogP contribution in [-0.2, 0) is 0 Å². The van der Waals surface area contributed by atoms with Crippen LogP contribution >= 0.6 is 11.8 Å². The third kappa shape index (κ3) is 6.88. The Hall–Kier alpha value is -2.48. The average molecular weight is 369 g/mol. The van der Waals surface area contributed by atoms with Crippen LogP contribution in [0.25, 0.3) is 0 Å². The number of nitrogens with one attached hydrogen (secondary N) is 5. The van der Waals surface area contributed by atoms with Crippen LogP contribution in [0.2, 0.25) is 0 Å². The predicted octanol–water partition coefficient (Wildman–Crippen LogP) is 0.156. The molecule has 0 aromatic rings. The number of nitrogens with two attached hydrogens (primary N) is 1. The van der Waals surface area contributed by atoms with Gasteiger partial charge in [-0.3, -0.25) is 5.41 Å². The van der Waals surface area contributed by atoms with Crippen molar-refractivity contribution < 1.29 is 4.39 Å². The fraction of sp³-hybridized carbons (Fsp3) is 0.571. The number of nitrogens with zero attached hydrogens (tertiary/aromatic N) is 3. The second kappa shape index (κ2) is 10.4. The highest BCUT2D eigenvalue weighted by Gasteiger charge is 2.37. The van der Waals surface area contributed by atoms with Crippen LogP contribution < -0.4 is 27.0 Å². The van der Waals surface area contributed by atoms with Gasteiger partial charge in [0.05, 0.1) is 0 Å². The highest BCUT2D eigenvalue weighted by atomic mass is 32.2. The van der Waals surface area contributed by atoms with E-state index in [1.807, 2.05) is 0 Å². The number of alkyl halides is 1. The normalized spacial score (nSPS) is 20.7. The van der Waals surface area contributed by atoms with E-state index < -0.39 is 11.2 Å². The highest BCUT2D eigenvalue weighted by molar-refractivity contribution is 8.00. The average Bonchev–Trinajstić information content (AvgIpc) is 2.56. The van der Waals surface area contributed by atoms with E-state index >= 15 is 0 Å². The lowest BCUT2D eigenvalue weighted by Crippen LogP contribution is -2.50. The van der Waals surface area contributed by atoms with Crippen LogP contribution in [0.4, 0.5) is 4.39 Å². The Balaban J connectivity index is 2.48. The van der Waals surface area contributed by atoms with Crippen molar-refractivity contribution in [1.29, 1.82) is 10.7 Å². The highest BCUT2D eigenvalue weighted by Crippen LogP contribution is 2.32. The first-order valence-electron chi connectivity index (χ1n) is 7.75. The molecule has 0 amide bonds. The molecule has 138 valence electrons. The predicted molar refractivity (Wildman–Crippen MR) is 99.9 cm³/mol. The van der Waals surface area contributed by atoms with E-state index in [-0.39, 0.29) is 5.96 Å². The minimum absolute atomic E-state index is 0.249. The summed E-state index contributed by atoms with van der Waals surface area (Å²) in [6, 6.07) is 0. The number of aliphatic imine (C=N–C) groups is 2. The summed E-state index contributed by atoms with van der Waals surface area (Å²) in [6.07, 6.45) is 5.31. The number of thioether (sulfide) groups is 1. The molecule has 9 nitrogen and oxygen atoms in total. The number of guanidine groups is 2. The second-order valence-electron chi connectivity index (χ2n) is 5.12. The van der Waals surface area contributed by atoms with Crippen molar-refractivity contribution in [2.24, 2.45) is 15.7 Å². The Morgan fingerprint density at radius 1 is 1.64 bits per heavy atom. The summed E-state index contributed by atoms with van der Waals surface area (Å²) in [7, 11) is 1.68. The zero-order valence-electron chi connectivity index (χ0n) is 14.3. The van der Waals surface area contributed by atoms with Crippen molar-refractivity contribution >= 4 is 29.5 Å². The van der Waals surface area contributed by atoms with Crippen molar-refractivity contribution in [2.45, 2.75) is 30.9 Å². The molecular formula is C14H24FN9S. The van der Waals surface area contributed by atoms with Crippen LogP contribution in [0.1, 0.15) is 19.8 Å². The number of halogens is 1. The van der Waals surface area contributed by atoms with Crippen LogP contribution in [0.3, 0.4) is 0 Å². The SMILES string of the molecule is CN/C(=N/C#N)NCCCCSC1(C(C)F)N=C(NC(=N)N)C=CN1. The summed E-state index contributed by atoms with van der Waals surface area (Å²) in [5.74, 6) is 1.20. The lowest BCUT2D eigenvalue weighted by Gasteiger charge is -2.34. The fourth-order valence-corrected chi connectivity index (χ4v) is 3.19. The van der Waals surface area contributed by atoms with Crippen molar-refractivity contribution in [3.63, 3.8) is 0 Å². The van der Waals surface area contributed by atoms with Gasteiger partial charge in [0.2, 0.25) is 17.1 Å². The van der Waals surface area contributed by atoms with E-state index in [0.29, 0.717) is 24.1 Å². The van der Waals surface area contributed by atoms with Crippen LogP contribution in [0.15, 0.2) is 22.3 Å². The molecule has 2 atom stereocenters. The molecule has 1 heterocycles. The van der Waals surface area contributed by atoms with Crippen molar-refractivity contribution in [2.75, 3.05) is 19.3 Å². The minimum Gasteiger partial charge on any atom is -0.370 e. The summed E-state index contributed by atoms with van der Waals surface area (Å²) in [5, 5.41) is 27.1. The first kappa shape index (κ1) is 20.6. The van der Waals surface area contributed by atoms with Gasteiger partial charge >= 0.3 is 0 Å². The van der Waals surface area contributed by atoms with E-state index in [4.69, 9.17) is 16.4 Å². The summed E-state index contributed by atoms with van der Waals surface area (Å²) in [4.78, 5) is 6.77. The maximum atomic E-state index is 14.2. The molecule has 0 aromatic carbocycles. The number of nitriles is 1. The van der Waals surface area contributed by atoms with Gasteiger partial charge in [-0.1, -0.05) is 0 Å². The zero-order valence-corrected chi connectivity index (χ0v) is 15.1. The van der Waals surface area contributed by atoms with E-state index in [1.54, 1.807) is 25.5 Å². The molecule has 1 aliphatic heterocycles. The van der Waals surface area contributed by atoms with Gasteiger partial charge in [0.25, 0.3) is 0 Å². The Bertz CT molecular complexity index is 581. The molecule has 0 aromatic heterocycles. The Morgan fingerprint density at radius 2 is 2.40 bits per heavy atom. The number of hydrogen-bond acceptors (Lipinski definition) is 6. The first-order valence-corrected chi connectivity index (χ1v) is 8.73. The maximum Gasteiger partial charge on any atom is 0.210 e. The molecule has 0 aliphatic carbocycles. The summed E-state index contributed by atoms with van der Waals surface area (Å²) < 4.78 is 14.2. The largest absolute Gasteiger partial charge is 0.370 e. The Labute approximate surface area is 150 Å². The second-order valence-corrected chi connectivity index (χ2v) is 6.44. The number of amidine groups is 1. The minimum atomic E-state index is -1.25.